The highest BCUT2D eigenvalue weighted by atomic mass is 19.1. The van der Waals surface area contributed by atoms with E-state index in [1.807, 2.05) is 0 Å². The van der Waals surface area contributed by atoms with Gasteiger partial charge in [-0.15, -0.1) is 0 Å². The lowest BCUT2D eigenvalue weighted by Crippen LogP contribution is -2.62. The molecule has 130 valence electrons. The highest BCUT2D eigenvalue weighted by Gasteiger charge is 2.55. The first-order valence-electron chi connectivity index (χ1n) is 6.56. The van der Waals surface area contributed by atoms with Crippen molar-refractivity contribution < 1.29 is 47.3 Å². The first-order valence-corrected chi connectivity index (χ1v) is 6.56. The summed E-state index contributed by atoms with van der Waals surface area (Å²) in [5.41, 5.74) is 0. The van der Waals surface area contributed by atoms with Crippen molar-refractivity contribution in [2.24, 2.45) is 0 Å². The van der Waals surface area contributed by atoms with Gasteiger partial charge in [0.1, 0.15) is 0 Å². The van der Waals surface area contributed by atoms with Gasteiger partial charge in [0, 0.05) is 20.8 Å². The van der Waals surface area contributed by atoms with Crippen molar-refractivity contribution in [1.82, 2.24) is 0 Å². The van der Waals surface area contributed by atoms with Crippen molar-refractivity contribution in [2.45, 2.75) is 51.5 Å². The molecule has 1 aliphatic heterocycles. The minimum Gasteiger partial charge on any atom is -0.467 e. The van der Waals surface area contributed by atoms with E-state index in [0.717, 1.165) is 27.9 Å². The Morgan fingerprint density at radius 2 is 1.26 bits per heavy atom. The molecule has 10 heteroatoms. The first kappa shape index (κ1) is 18.8. The van der Waals surface area contributed by atoms with Crippen molar-refractivity contribution in [3.63, 3.8) is 0 Å². The Hall–Kier alpha value is -2.23. The van der Waals surface area contributed by atoms with Gasteiger partial charge >= 0.3 is 23.9 Å². The molecule has 0 aromatic rings. The van der Waals surface area contributed by atoms with Crippen LogP contribution in [0.2, 0.25) is 0 Å². The van der Waals surface area contributed by atoms with Gasteiger partial charge in [0.2, 0.25) is 6.36 Å². The van der Waals surface area contributed by atoms with Crippen LogP contribution in [-0.2, 0) is 42.9 Å². The number of carbonyl (C=O) groups is 4. The number of esters is 4. The van der Waals surface area contributed by atoms with Gasteiger partial charge in [-0.25, -0.2) is 9.18 Å². The number of hydrogen-bond acceptors (Lipinski definition) is 9. The number of methoxy groups -OCH3 is 1. The Balaban J connectivity index is 3.21. The third kappa shape index (κ3) is 4.88. The SMILES string of the molecule is COC(=O)C1O[C@H](F)C(OC(C)=O)C(OC(C)=O)[C@@H]1OC(C)=O. The van der Waals surface area contributed by atoms with Crippen LogP contribution >= 0.6 is 0 Å². The Bertz CT molecular complexity index is 492. The molecule has 0 aromatic carbocycles. The van der Waals surface area contributed by atoms with Gasteiger partial charge < -0.3 is 23.7 Å². The summed E-state index contributed by atoms with van der Waals surface area (Å²) in [5, 5.41) is 0. The molecule has 0 aliphatic carbocycles. The van der Waals surface area contributed by atoms with E-state index >= 15 is 0 Å². The van der Waals surface area contributed by atoms with E-state index < -0.39 is 54.7 Å². The maximum absolute atomic E-state index is 14.1. The molecule has 1 fully saturated rings. The van der Waals surface area contributed by atoms with Gasteiger partial charge in [-0.2, -0.15) is 0 Å². The van der Waals surface area contributed by atoms with Gasteiger partial charge in [-0.1, -0.05) is 0 Å². The van der Waals surface area contributed by atoms with Crippen LogP contribution in [0.3, 0.4) is 0 Å². The van der Waals surface area contributed by atoms with E-state index in [0.29, 0.717) is 0 Å². The lowest BCUT2D eigenvalue weighted by atomic mass is 9.98. The number of halogens is 1. The van der Waals surface area contributed by atoms with Crippen LogP contribution in [0, 0.1) is 0 Å². The minimum atomic E-state index is -2.29. The van der Waals surface area contributed by atoms with Crippen molar-refractivity contribution in [1.29, 1.82) is 0 Å². The van der Waals surface area contributed by atoms with Gasteiger partial charge in [0.05, 0.1) is 7.11 Å². The number of alkyl halides is 1. The fourth-order valence-corrected chi connectivity index (χ4v) is 2.07. The molecule has 0 saturated carbocycles. The predicted octanol–water partition coefficient (Wildman–Crippen LogP) is -0.351. The van der Waals surface area contributed by atoms with Crippen LogP contribution in [0.25, 0.3) is 0 Å². The van der Waals surface area contributed by atoms with E-state index in [1.54, 1.807) is 0 Å². The molecule has 9 nitrogen and oxygen atoms in total. The topological polar surface area (TPSA) is 114 Å². The molecule has 1 heterocycles. The Kier molecular flexibility index (Phi) is 6.43. The average Bonchev–Trinajstić information content (AvgIpc) is 2.43. The number of carbonyl (C=O) groups excluding carboxylic acids is 4. The average molecular weight is 336 g/mol. The lowest BCUT2D eigenvalue weighted by Gasteiger charge is -2.40. The van der Waals surface area contributed by atoms with E-state index in [-0.39, 0.29) is 0 Å². The van der Waals surface area contributed by atoms with Crippen LogP contribution in [0.1, 0.15) is 20.8 Å². The van der Waals surface area contributed by atoms with Crippen molar-refractivity contribution in [3.05, 3.63) is 0 Å². The fraction of sp³-hybridized carbons (Fsp3) is 0.692. The fourth-order valence-electron chi connectivity index (χ4n) is 2.07. The van der Waals surface area contributed by atoms with E-state index in [1.165, 1.54) is 0 Å². The molecule has 0 N–H and O–H groups in total. The first-order chi connectivity index (χ1) is 10.7. The van der Waals surface area contributed by atoms with Crippen LogP contribution in [0.15, 0.2) is 0 Å². The van der Waals surface area contributed by atoms with Crippen LogP contribution in [-0.4, -0.2) is 61.8 Å². The zero-order valence-corrected chi connectivity index (χ0v) is 12.9. The number of rotatable bonds is 4. The van der Waals surface area contributed by atoms with Crippen LogP contribution in [0.4, 0.5) is 4.39 Å². The Morgan fingerprint density at radius 3 is 1.70 bits per heavy atom. The highest BCUT2D eigenvalue weighted by molar-refractivity contribution is 5.77. The lowest BCUT2D eigenvalue weighted by molar-refractivity contribution is -0.271. The zero-order valence-electron chi connectivity index (χ0n) is 12.9. The Labute approximate surface area is 130 Å². The Morgan fingerprint density at radius 1 is 0.826 bits per heavy atom. The van der Waals surface area contributed by atoms with Gasteiger partial charge in [0.15, 0.2) is 24.4 Å². The quantitative estimate of drug-likeness (QED) is 0.502. The maximum atomic E-state index is 14.1. The molecule has 23 heavy (non-hydrogen) atoms. The van der Waals surface area contributed by atoms with Crippen molar-refractivity contribution in [2.75, 3.05) is 7.11 Å². The highest BCUT2D eigenvalue weighted by Crippen LogP contribution is 2.30. The summed E-state index contributed by atoms with van der Waals surface area (Å²) in [5.74, 6) is -3.63. The van der Waals surface area contributed by atoms with Crippen molar-refractivity contribution >= 4 is 23.9 Å². The molecule has 1 rings (SSSR count). The summed E-state index contributed by atoms with van der Waals surface area (Å²) >= 11 is 0. The second-order valence-corrected chi connectivity index (χ2v) is 4.65. The van der Waals surface area contributed by atoms with E-state index in [9.17, 15) is 23.6 Å². The molecule has 1 aliphatic rings. The standard InChI is InChI=1S/C13H17FO9/c1-5(15)20-8-9(21-6(2)16)11(13(18)19-4)23-12(14)10(8)22-7(3)17/h8-12H,1-4H3/t8?,9-,10?,11?,12-/m0/s1. The molecular weight excluding hydrogens is 319 g/mol. The smallest absolute Gasteiger partial charge is 0.339 e. The normalized spacial score (nSPS) is 30.0. The van der Waals surface area contributed by atoms with Gasteiger partial charge in [-0.05, 0) is 0 Å². The van der Waals surface area contributed by atoms with Crippen molar-refractivity contribution in [3.8, 4) is 0 Å². The summed E-state index contributed by atoms with van der Waals surface area (Å²) in [6, 6.07) is 0. The van der Waals surface area contributed by atoms with Gasteiger partial charge in [0.25, 0.3) is 0 Å². The van der Waals surface area contributed by atoms with E-state index in [4.69, 9.17) is 18.9 Å². The maximum Gasteiger partial charge on any atom is 0.339 e. The largest absolute Gasteiger partial charge is 0.467 e. The van der Waals surface area contributed by atoms with Crippen LogP contribution < -0.4 is 0 Å². The molecule has 0 spiro atoms. The molecule has 0 bridgehead atoms. The molecule has 1 saturated heterocycles. The molecule has 3 unspecified atom stereocenters. The summed E-state index contributed by atoms with van der Waals surface area (Å²) in [4.78, 5) is 45.3. The molecule has 0 aromatic heterocycles. The number of hydrogen-bond donors (Lipinski definition) is 0. The monoisotopic (exact) mass is 336 g/mol. The zero-order chi connectivity index (χ0) is 17.7. The second kappa shape index (κ2) is 7.86. The molecule has 0 amide bonds. The summed E-state index contributed by atoms with van der Waals surface area (Å²) in [6.45, 7) is 3.05. The van der Waals surface area contributed by atoms with Gasteiger partial charge in [-0.3, -0.25) is 14.4 Å². The second-order valence-electron chi connectivity index (χ2n) is 4.65. The molecular formula is C13H17FO9. The minimum absolute atomic E-state index is 0.844. The third-order valence-electron chi connectivity index (χ3n) is 2.82. The summed E-state index contributed by atoms with van der Waals surface area (Å²) < 4.78 is 37.9. The number of ether oxygens (including phenoxy) is 5. The molecule has 0 radical (unpaired) electrons. The summed E-state index contributed by atoms with van der Waals surface area (Å²) in [7, 11) is 1.02. The third-order valence-corrected chi connectivity index (χ3v) is 2.82. The summed E-state index contributed by atoms with van der Waals surface area (Å²) in [6.07, 6.45) is -8.80. The van der Waals surface area contributed by atoms with Crippen LogP contribution in [0.5, 0.6) is 0 Å². The predicted molar refractivity (Wildman–Crippen MR) is 68.4 cm³/mol. The van der Waals surface area contributed by atoms with E-state index in [2.05, 4.69) is 4.74 Å². The molecule has 5 atom stereocenters.